The molecule has 3 fully saturated rings. The number of ether oxygens (including phenoxy) is 1. The normalized spacial score (nSPS) is 24.1. The lowest BCUT2D eigenvalue weighted by Gasteiger charge is -2.50. The lowest BCUT2D eigenvalue weighted by atomic mass is 9.58. The van der Waals surface area contributed by atoms with Gasteiger partial charge in [0.1, 0.15) is 11.9 Å². The van der Waals surface area contributed by atoms with E-state index in [1.54, 1.807) is 12.1 Å². The lowest BCUT2D eigenvalue weighted by molar-refractivity contribution is -0.152. The number of rotatable bonds is 9. The van der Waals surface area contributed by atoms with E-state index < -0.39 is 5.41 Å². The fourth-order valence-electron chi connectivity index (χ4n) is 7.51. The summed E-state index contributed by atoms with van der Waals surface area (Å²) in [5, 5.41) is 9.03. The maximum atomic E-state index is 14.5. The third-order valence-electron chi connectivity index (χ3n) is 9.54. The molecule has 5 rings (SSSR count). The van der Waals surface area contributed by atoms with Gasteiger partial charge < -0.3 is 20.3 Å². The Bertz CT molecular complexity index is 1170. The van der Waals surface area contributed by atoms with Crippen molar-refractivity contribution in [1.29, 1.82) is 5.26 Å². The Balaban J connectivity index is 1.26. The Morgan fingerprint density at radius 2 is 1.87 bits per heavy atom. The van der Waals surface area contributed by atoms with Gasteiger partial charge >= 0.3 is 5.97 Å². The Hall–Kier alpha value is -2.95. The largest absolute Gasteiger partial charge is 0.462 e. The van der Waals surface area contributed by atoms with Crippen molar-refractivity contribution in [2.24, 2.45) is 23.5 Å². The SMILES string of the molecule is CCC(=O)O[C@H]1CCC[C@@H]1[C@@](CN)(c1cccc(F)c1)C1CCN(CC2CN(c3ccc(C#N)cc3)C2)CC1. The summed E-state index contributed by atoms with van der Waals surface area (Å²) in [5.74, 6) is 0.640. The number of likely N-dealkylation sites (tertiary alicyclic amines) is 1. The van der Waals surface area contributed by atoms with Crippen molar-refractivity contribution in [3.05, 3.63) is 65.5 Å². The van der Waals surface area contributed by atoms with Gasteiger partial charge in [-0.05, 0) is 93.1 Å². The van der Waals surface area contributed by atoms with Crippen molar-refractivity contribution in [1.82, 2.24) is 4.90 Å². The standard InChI is InChI=1S/C32H41FN4O2/c1-2-31(38)39-30-8-4-7-29(30)32(22-35,26-5-3-6-27(33)17-26)25-13-15-36(16-14-25)19-24-20-37(21-24)28-11-9-23(18-34)10-12-28/h3,5-6,9-12,17,24-25,29-30H,2,4,7-8,13-16,19-22,35H2,1H3/t29-,30-,32+/m0/s1. The highest BCUT2D eigenvalue weighted by atomic mass is 19.1. The molecule has 2 aromatic rings. The molecule has 2 heterocycles. The summed E-state index contributed by atoms with van der Waals surface area (Å²) in [5.41, 5.74) is 9.09. The number of nitrogens with two attached hydrogens (primary N) is 1. The maximum absolute atomic E-state index is 14.5. The number of piperidine rings is 1. The first kappa shape index (κ1) is 27.6. The maximum Gasteiger partial charge on any atom is 0.305 e. The molecule has 0 bridgehead atoms. The highest BCUT2D eigenvalue weighted by Crippen LogP contribution is 2.51. The summed E-state index contributed by atoms with van der Waals surface area (Å²) in [6.07, 6.45) is 5.01. The average molecular weight is 533 g/mol. The van der Waals surface area contributed by atoms with Crippen LogP contribution in [0.3, 0.4) is 0 Å². The second-order valence-electron chi connectivity index (χ2n) is 11.7. The van der Waals surface area contributed by atoms with Crippen LogP contribution in [0.1, 0.15) is 56.6 Å². The lowest BCUT2D eigenvalue weighted by Crippen LogP contribution is -2.56. The van der Waals surface area contributed by atoms with E-state index in [-0.39, 0.29) is 23.8 Å². The molecule has 208 valence electrons. The number of nitriles is 1. The molecule has 2 N–H and O–H groups in total. The van der Waals surface area contributed by atoms with Crippen molar-refractivity contribution in [2.75, 3.05) is 44.2 Å². The third-order valence-corrected chi connectivity index (χ3v) is 9.54. The smallest absolute Gasteiger partial charge is 0.305 e. The first-order valence-electron chi connectivity index (χ1n) is 14.6. The van der Waals surface area contributed by atoms with Crippen molar-refractivity contribution >= 4 is 11.7 Å². The number of carbonyl (C=O) groups excluding carboxylic acids is 1. The van der Waals surface area contributed by atoms with E-state index in [9.17, 15) is 9.18 Å². The van der Waals surface area contributed by atoms with Crippen LogP contribution in [0.25, 0.3) is 0 Å². The van der Waals surface area contributed by atoms with Gasteiger partial charge in [0, 0.05) is 55.5 Å². The number of benzene rings is 2. The molecule has 2 aromatic carbocycles. The number of hydrogen-bond donors (Lipinski definition) is 1. The van der Waals surface area contributed by atoms with Crippen molar-refractivity contribution in [2.45, 2.75) is 57.0 Å². The van der Waals surface area contributed by atoms with E-state index >= 15 is 0 Å². The predicted molar refractivity (Wildman–Crippen MR) is 151 cm³/mol. The minimum Gasteiger partial charge on any atom is -0.462 e. The molecule has 7 heteroatoms. The molecule has 2 aliphatic heterocycles. The number of anilines is 1. The number of hydrogen-bond acceptors (Lipinski definition) is 6. The van der Waals surface area contributed by atoms with Crippen LogP contribution in [0.4, 0.5) is 10.1 Å². The molecule has 6 nitrogen and oxygen atoms in total. The van der Waals surface area contributed by atoms with Crippen LogP contribution < -0.4 is 10.6 Å². The molecular formula is C32H41FN4O2. The Labute approximate surface area is 231 Å². The summed E-state index contributed by atoms with van der Waals surface area (Å²) in [6, 6.07) is 17.0. The van der Waals surface area contributed by atoms with Crippen LogP contribution in [0.2, 0.25) is 0 Å². The zero-order valence-corrected chi connectivity index (χ0v) is 23.0. The van der Waals surface area contributed by atoms with E-state index in [0.717, 1.165) is 70.4 Å². The van der Waals surface area contributed by atoms with Gasteiger partial charge in [0.15, 0.2) is 0 Å². The van der Waals surface area contributed by atoms with Crippen LogP contribution in [-0.4, -0.2) is 56.2 Å². The molecule has 1 aliphatic carbocycles. The molecule has 39 heavy (non-hydrogen) atoms. The summed E-state index contributed by atoms with van der Waals surface area (Å²) in [7, 11) is 0. The summed E-state index contributed by atoms with van der Waals surface area (Å²) in [6.45, 7) is 7.41. The molecule has 0 spiro atoms. The van der Waals surface area contributed by atoms with Crippen LogP contribution >= 0.6 is 0 Å². The fourth-order valence-corrected chi connectivity index (χ4v) is 7.51. The minimum atomic E-state index is -0.410. The van der Waals surface area contributed by atoms with Gasteiger partial charge in [0.05, 0.1) is 11.6 Å². The van der Waals surface area contributed by atoms with Crippen molar-refractivity contribution in [3.8, 4) is 6.07 Å². The van der Waals surface area contributed by atoms with Crippen molar-refractivity contribution < 1.29 is 13.9 Å². The average Bonchev–Trinajstić information content (AvgIpc) is 3.40. The molecule has 1 saturated carbocycles. The zero-order chi connectivity index (χ0) is 27.4. The van der Waals surface area contributed by atoms with Crippen LogP contribution in [-0.2, 0) is 14.9 Å². The molecule has 0 amide bonds. The Morgan fingerprint density at radius 3 is 2.51 bits per heavy atom. The summed E-state index contributed by atoms with van der Waals surface area (Å²) < 4.78 is 20.5. The molecule has 0 unspecified atom stereocenters. The van der Waals surface area contributed by atoms with Crippen molar-refractivity contribution in [3.63, 3.8) is 0 Å². The topological polar surface area (TPSA) is 82.6 Å². The van der Waals surface area contributed by atoms with Crippen LogP contribution in [0.5, 0.6) is 0 Å². The van der Waals surface area contributed by atoms with Gasteiger partial charge in [-0.2, -0.15) is 5.26 Å². The molecule has 0 aromatic heterocycles. The second-order valence-corrected chi connectivity index (χ2v) is 11.7. The van der Waals surface area contributed by atoms with Gasteiger partial charge in [-0.15, -0.1) is 0 Å². The van der Waals surface area contributed by atoms with Crippen LogP contribution in [0.15, 0.2) is 48.5 Å². The summed E-state index contributed by atoms with van der Waals surface area (Å²) >= 11 is 0. The highest BCUT2D eigenvalue weighted by Gasteiger charge is 2.52. The van der Waals surface area contributed by atoms with E-state index in [2.05, 4.69) is 15.9 Å². The number of nitrogens with zero attached hydrogens (tertiary/aromatic N) is 3. The molecule has 3 aliphatic rings. The van der Waals surface area contributed by atoms with Gasteiger partial charge in [-0.1, -0.05) is 19.1 Å². The molecule has 3 atom stereocenters. The number of halogens is 1. The highest BCUT2D eigenvalue weighted by molar-refractivity contribution is 5.69. The van der Waals surface area contributed by atoms with Gasteiger partial charge in [0.2, 0.25) is 0 Å². The monoisotopic (exact) mass is 532 g/mol. The van der Waals surface area contributed by atoms with E-state index in [1.165, 1.54) is 11.8 Å². The molecule has 0 radical (unpaired) electrons. The Morgan fingerprint density at radius 1 is 1.13 bits per heavy atom. The first-order chi connectivity index (χ1) is 19.0. The van der Waals surface area contributed by atoms with Gasteiger partial charge in [0.25, 0.3) is 0 Å². The molecular weight excluding hydrogens is 491 g/mol. The van der Waals surface area contributed by atoms with E-state index in [4.69, 9.17) is 15.7 Å². The first-order valence-corrected chi connectivity index (χ1v) is 14.6. The zero-order valence-electron chi connectivity index (χ0n) is 23.0. The molecule has 2 saturated heterocycles. The minimum absolute atomic E-state index is 0.101. The Kier molecular flexibility index (Phi) is 8.54. The van der Waals surface area contributed by atoms with Gasteiger partial charge in [-0.25, -0.2) is 4.39 Å². The van der Waals surface area contributed by atoms with E-state index in [0.29, 0.717) is 30.4 Å². The predicted octanol–water partition coefficient (Wildman–Crippen LogP) is 4.86. The number of carbonyl (C=O) groups is 1. The second kappa shape index (κ2) is 12.1. The van der Waals surface area contributed by atoms with Crippen LogP contribution in [0, 0.1) is 34.9 Å². The van der Waals surface area contributed by atoms with E-state index in [1.807, 2.05) is 37.3 Å². The summed E-state index contributed by atoms with van der Waals surface area (Å²) in [4.78, 5) is 17.2. The quantitative estimate of drug-likeness (QED) is 0.465. The number of esters is 1. The van der Waals surface area contributed by atoms with Gasteiger partial charge in [-0.3, -0.25) is 4.79 Å². The third kappa shape index (κ3) is 5.69. The fraction of sp³-hybridized carbons (Fsp3) is 0.562.